The maximum absolute atomic E-state index is 12.2. The van der Waals surface area contributed by atoms with Gasteiger partial charge in [0.15, 0.2) is 11.5 Å². The van der Waals surface area contributed by atoms with E-state index in [4.69, 9.17) is 9.47 Å². The summed E-state index contributed by atoms with van der Waals surface area (Å²) in [5.74, 6) is 1.10. The van der Waals surface area contributed by atoms with Gasteiger partial charge in [0.2, 0.25) is 5.91 Å². The van der Waals surface area contributed by atoms with Gasteiger partial charge in [0.25, 0.3) is 0 Å². The van der Waals surface area contributed by atoms with Gasteiger partial charge in [0.05, 0.1) is 7.11 Å². The highest BCUT2D eigenvalue weighted by Gasteiger charge is 2.07. The number of hydrogen-bond acceptors (Lipinski definition) is 3. The van der Waals surface area contributed by atoms with Crippen LogP contribution in [-0.4, -0.2) is 13.0 Å². The van der Waals surface area contributed by atoms with Gasteiger partial charge < -0.3 is 14.8 Å². The minimum atomic E-state index is -0.186. The first-order chi connectivity index (χ1) is 14.0. The number of anilines is 1. The molecule has 0 radical (unpaired) electrons. The Kier molecular flexibility index (Phi) is 6.69. The Morgan fingerprint density at radius 3 is 2.55 bits per heavy atom. The van der Waals surface area contributed by atoms with E-state index >= 15 is 0 Å². The second-order valence-electron chi connectivity index (χ2n) is 6.82. The number of carbonyl (C=O) groups excluding carboxylic acids is 1. The van der Waals surface area contributed by atoms with Crippen molar-refractivity contribution in [2.45, 2.75) is 20.5 Å². The molecule has 0 aliphatic carbocycles. The third kappa shape index (κ3) is 5.72. The molecule has 29 heavy (non-hydrogen) atoms. The largest absolute Gasteiger partial charge is 0.493 e. The van der Waals surface area contributed by atoms with E-state index in [1.54, 1.807) is 13.2 Å². The van der Waals surface area contributed by atoms with Crippen molar-refractivity contribution in [3.63, 3.8) is 0 Å². The van der Waals surface area contributed by atoms with Gasteiger partial charge >= 0.3 is 0 Å². The summed E-state index contributed by atoms with van der Waals surface area (Å²) in [6.07, 6.45) is 3.25. The maximum Gasteiger partial charge on any atom is 0.248 e. The summed E-state index contributed by atoms with van der Waals surface area (Å²) in [6, 6.07) is 21.4. The number of methoxy groups -OCH3 is 1. The van der Waals surface area contributed by atoms with Crippen LogP contribution in [0.25, 0.3) is 6.08 Å². The first-order valence-corrected chi connectivity index (χ1v) is 9.46. The van der Waals surface area contributed by atoms with Crippen molar-refractivity contribution in [2.75, 3.05) is 12.4 Å². The van der Waals surface area contributed by atoms with Crippen molar-refractivity contribution in [1.82, 2.24) is 0 Å². The van der Waals surface area contributed by atoms with Crippen molar-refractivity contribution >= 4 is 17.7 Å². The quantitative estimate of drug-likeness (QED) is 0.541. The lowest BCUT2D eigenvalue weighted by Gasteiger charge is -2.12. The predicted octanol–water partition coefficient (Wildman–Crippen LogP) is 5.54. The normalized spacial score (nSPS) is 10.7. The molecular formula is C25H25NO3. The molecule has 148 valence electrons. The van der Waals surface area contributed by atoms with Gasteiger partial charge in [-0.2, -0.15) is 0 Å². The Balaban J connectivity index is 1.65. The Hall–Kier alpha value is -3.53. The number of carbonyl (C=O) groups is 1. The third-order valence-corrected chi connectivity index (χ3v) is 4.54. The second-order valence-corrected chi connectivity index (χ2v) is 6.82. The summed E-state index contributed by atoms with van der Waals surface area (Å²) in [6.45, 7) is 4.52. The van der Waals surface area contributed by atoms with Gasteiger partial charge in [-0.1, -0.05) is 42.5 Å². The van der Waals surface area contributed by atoms with Gasteiger partial charge in [-0.25, -0.2) is 0 Å². The standard InChI is InChI=1S/C25H25NO3/c1-18-7-6-10-22(15-18)26-25(27)14-12-20-11-13-23(24(16-20)28-3)29-17-21-9-5-4-8-19(21)2/h4-16H,17H2,1-3H3,(H,26,27). The summed E-state index contributed by atoms with van der Waals surface area (Å²) in [5, 5.41) is 2.86. The Labute approximate surface area is 171 Å². The minimum Gasteiger partial charge on any atom is -0.493 e. The molecule has 3 rings (SSSR count). The number of benzene rings is 3. The zero-order chi connectivity index (χ0) is 20.6. The molecule has 0 spiro atoms. The van der Waals surface area contributed by atoms with E-state index < -0.39 is 0 Å². The fourth-order valence-corrected chi connectivity index (χ4v) is 2.91. The highest BCUT2D eigenvalue weighted by Crippen LogP contribution is 2.29. The fraction of sp³-hybridized carbons (Fsp3) is 0.160. The average Bonchev–Trinajstić information content (AvgIpc) is 2.72. The number of rotatable bonds is 7. The van der Waals surface area contributed by atoms with Crippen molar-refractivity contribution in [3.8, 4) is 11.5 Å². The van der Waals surface area contributed by atoms with E-state index in [2.05, 4.69) is 18.3 Å². The zero-order valence-corrected chi connectivity index (χ0v) is 16.9. The van der Waals surface area contributed by atoms with E-state index in [-0.39, 0.29) is 5.91 Å². The summed E-state index contributed by atoms with van der Waals surface area (Å²) in [4.78, 5) is 12.2. The molecule has 1 amide bonds. The topological polar surface area (TPSA) is 47.6 Å². The summed E-state index contributed by atoms with van der Waals surface area (Å²) >= 11 is 0. The molecule has 0 aliphatic rings. The fourth-order valence-electron chi connectivity index (χ4n) is 2.91. The molecule has 0 fully saturated rings. The molecular weight excluding hydrogens is 362 g/mol. The van der Waals surface area contributed by atoms with Crippen LogP contribution in [0, 0.1) is 13.8 Å². The molecule has 3 aromatic rings. The van der Waals surface area contributed by atoms with Crippen LogP contribution in [0.1, 0.15) is 22.3 Å². The van der Waals surface area contributed by atoms with Crippen LogP contribution in [0.2, 0.25) is 0 Å². The second kappa shape index (κ2) is 9.60. The van der Waals surface area contributed by atoms with Crippen LogP contribution in [0.4, 0.5) is 5.69 Å². The Morgan fingerprint density at radius 2 is 1.79 bits per heavy atom. The smallest absolute Gasteiger partial charge is 0.248 e. The summed E-state index contributed by atoms with van der Waals surface area (Å²) in [7, 11) is 1.61. The summed E-state index contributed by atoms with van der Waals surface area (Å²) < 4.78 is 11.4. The number of aryl methyl sites for hydroxylation is 2. The molecule has 0 aliphatic heterocycles. The first-order valence-electron chi connectivity index (χ1n) is 9.46. The van der Waals surface area contributed by atoms with Crippen LogP contribution in [0.3, 0.4) is 0 Å². The molecule has 1 N–H and O–H groups in total. The van der Waals surface area contributed by atoms with Crippen LogP contribution in [0.15, 0.2) is 72.8 Å². The monoisotopic (exact) mass is 387 g/mol. The van der Waals surface area contributed by atoms with Crippen LogP contribution < -0.4 is 14.8 Å². The number of hydrogen-bond donors (Lipinski definition) is 1. The molecule has 0 atom stereocenters. The van der Waals surface area contributed by atoms with Gasteiger partial charge in [-0.3, -0.25) is 4.79 Å². The van der Waals surface area contributed by atoms with Gasteiger partial charge in [0.1, 0.15) is 6.61 Å². The molecule has 3 aromatic carbocycles. The third-order valence-electron chi connectivity index (χ3n) is 4.54. The molecule has 0 saturated carbocycles. The molecule has 0 heterocycles. The number of nitrogens with one attached hydrogen (secondary N) is 1. The Morgan fingerprint density at radius 1 is 0.966 bits per heavy atom. The Bertz CT molecular complexity index is 1020. The van der Waals surface area contributed by atoms with E-state index in [1.807, 2.05) is 67.6 Å². The molecule has 0 saturated heterocycles. The number of amides is 1. The number of ether oxygens (including phenoxy) is 2. The predicted molar refractivity (Wildman–Crippen MR) is 117 cm³/mol. The van der Waals surface area contributed by atoms with Crippen molar-refractivity contribution < 1.29 is 14.3 Å². The molecule has 0 aromatic heterocycles. The van der Waals surface area contributed by atoms with Gasteiger partial charge in [0, 0.05) is 11.8 Å². The van der Waals surface area contributed by atoms with E-state index in [1.165, 1.54) is 11.6 Å². The van der Waals surface area contributed by atoms with E-state index in [0.29, 0.717) is 18.1 Å². The SMILES string of the molecule is COc1cc(C=CC(=O)Nc2cccc(C)c2)ccc1OCc1ccccc1C. The maximum atomic E-state index is 12.2. The molecule has 4 heteroatoms. The zero-order valence-electron chi connectivity index (χ0n) is 16.9. The minimum absolute atomic E-state index is 0.186. The highest BCUT2D eigenvalue weighted by molar-refractivity contribution is 6.02. The van der Waals surface area contributed by atoms with Crippen molar-refractivity contribution in [2.24, 2.45) is 0 Å². The van der Waals surface area contributed by atoms with Gasteiger partial charge in [-0.15, -0.1) is 0 Å². The van der Waals surface area contributed by atoms with Crippen LogP contribution in [-0.2, 0) is 11.4 Å². The molecule has 4 nitrogen and oxygen atoms in total. The molecule has 0 bridgehead atoms. The first kappa shape index (κ1) is 20.2. The van der Waals surface area contributed by atoms with Gasteiger partial charge in [-0.05, 0) is 66.4 Å². The van der Waals surface area contributed by atoms with Crippen molar-refractivity contribution in [3.05, 3.63) is 95.1 Å². The highest BCUT2D eigenvalue weighted by atomic mass is 16.5. The lowest BCUT2D eigenvalue weighted by atomic mass is 10.1. The lowest BCUT2D eigenvalue weighted by Crippen LogP contribution is -2.07. The average molecular weight is 387 g/mol. The van der Waals surface area contributed by atoms with E-state index in [9.17, 15) is 4.79 Å². The van der Waals surface area contributed by atoms with Crippen LogP contribution >= 0.6 is 0 Å². The summed E-state index contributed by atoms with van der Waals surface area (Å²) in [5.41, 5.74) is 5.04. The molecule has 0 unspecified atom stereocenters. The van der Waals surface area contributed by atoms with E-state index in [0.717, 1.165) is 22.4 Å². The van der Waals surface area contributed by atoms with Crippen LogP contribution in [0.5, 0.6) is 11.5 Å². The van der Waals surface area contributed by atoms with Crippen molar-refractivity contribution in [1.29, 1.82) is 0 Å². The lowest BCUT2D eigenvalue weighted by molar-refractivity contribution is -0.111.